The van der Waals surface area contributed by atoms with E-state index in [-0.39, 0.29) is 6.61 Å². The highest BCUT2D eigenvalue weighted by atomic mass is 16.6. The second-order valence-corrected chi connectivity index (χ2v) is 4.09. The Morgan fingerprint density at radius 3 is 1.95 bits per heavy atom. The molecule has 0 fully saturated rings. The lowest BCUT2D eigenvalue weighted by Gasteiger charge is -2.31. The maximum atomic E-state index is 10.9. The van der Waals surface area contributed by atoms with Crippen LogP contribution in [0.2, 0.25) is 0 Å². The van der Waals surface area contributed by atoms with Crippen LogP contribution in [-0.4, -0.2) is 62.3 Å². The van der Waals surface area contributed by atoms with E-state index in [0.717, 1.165) is 0 Å². The molecular weight excluding hydrogens is 256 g/mol. The van der Waals surface area contributed by atoms with Crippen LogP contribution in [-0.2, 0) is 28.5 Å². The van der Waals surface area contributed by atoms with Crippen molar-refractivity contribution >= 4 is 11.9 Å². The van der Waals surface area contributed by atoms with Crippen LogP contribution >= 0.6 is 0 Å². The monoisotopic (exact) mass is 278 g/mol. The summed E-state index contributed by atoms with van der Waals surface area (Å²) in [6, 6.07) is 0. The summed E-state index contributed by atoms with van der Waals surface area (Å²) >= 11 is 0. The fourth-order valence-corrected chi connectivity index (χ4v) is 1.73. The van der Waals surface area contributed by atoms with E-state index >= 15 is 0 Å². The van der Waals surface area contributed by atoms with Gasteiger partial charge in [0.2, 0.25) is 0 Å². The Morgan fingerprint density at radius 1 is 1.05 bits per heavy atom. The molecule has 0 radical (unpaired) electrons. The molecule has 0 heterocycles. The lowest BCUT2D eigenvalue weighted by Crippen LogP contribution is -2.48. The number of ether oxygens (including phenoxy) is 4. The van der Waals surface area contributed by atoms with Gasteiger partial charge in [0.25, 0.3) is 0 Å². The van der Waals surface area contributed by atoms with Gasteiger partial charge in [-0.25, -0.2) is 0 Å². The number of rotatable bonds is 8. The van der Waals surface area contributed by atoms with E-state index in [1.54, 1.807) is 6.92 Å². The van der Waals surface area contributed by atoms with Crippen LogP contribution in [0.1, 0.15) is 20.8 Å². The van der Waals surface area contributed by atoms with E-state index in [1.165, 1.54) is 28.1 Å². The van der Waals surface area contributed by atoms with Crippen molar-refractivity contribution in [1.29, 1.82) is 0 Å². The van der Waals surface area contributed by atoms with Crippen molar-refractivity contribution in [1.82, 2.24) is 0 Å². The summed E-state index contributed by atoms with van der Waals surface area (Å²) in [5.74, 6) is -0.963. The van der Waals surface area contributed by atoms with Crippen LogP contribution < -0.4 is 0 Å². The van der Waals surface area contributed by atoms with Crippen LogP contribution in [0.5, 0.6) is 0 Å². The Morgan fingerprint density at radius 2 is 1.58 bits per heavy atom. The molecule has 0 aromatic carbocycles. The number of esters is 2. The maximum absolute atomic E-state index is 10.9. The second-order valence-electron chi connectivity index (χ2n) is 4.09. The molecule has 0 aromatic rings. The highest BCUT2D eigenvalue weighted by Gasteiger charge is 2.34. The van der Waals surface area contributed by atoms with E-state index in [0.29, 0.717) is 0 Å². The van der Waals surface area contributed by atoms with Crippen molar-refractivity contribution in [2.45, 2.75) is 45.2 Å². The first kappa shape index (κ1) is 17.8. The van der Waals surface area contributed by atoms with Gasteiger partial charge in [0, 0.05) is 28.1 Å². The lowest BCUT2D eigenvalue weighted by molar-refractivity contribution is -0.173. The Kier molecular flexibility index (Phi) is 8.29. The van der Waals surface area contributed by atoms with Gasteiger partial charge in [-0.05, 0) is 6.92 Å². The highest BCUT2D eigenvalue weighted by molar-refractivity contribution is 5.66. The number of carbonyl (C=O) groups is 2. The standard InChI is InChI=1S/C12H22O7/c1-7(19-9(3)14)11(16-4)12(17-5)10(15)6-18-8(2)13/h7,10-12,15H,6H2,1-5H3/t7-,10+,11+,12-/m1/s1. The Labute approximate surface area is 112 Å². The van der Waals surface area contributed by atoms with Gasteiger partial charge in [0.15, 0.2) is 0 Å². The summed E-state index contributed by atoms with van der Waals surface area (Å²) in [5.41, 5.74) is 0. The second kappa shape index (κ2) is 8.84. The van der Waals surface area contributed by atoms with Crippen LogP contribution in [0.25, 0.3) is 0 Å². The lowest BCUT2D eigenvalue weighted by atomic mass is 10.0. The molecule has 0 saturated carbocycles. The average Bonchev–Trinajstić information content (AvgIpc) is 2.31. The van der Waals surface area contributed by atoms with Gasteiger partial charge in [-0.15, -0.1) is 0 Å². The number of hydrogen-bond acceptors (Lipinski definition) is 7. The maximum Gasteiger partial charge on any atom is 0.302 e. The smallest absolute Gasteiger partial charge is 0.302 e. The number of hydrogen-bond donors (Lipinski definition) is 1. The van der Waals surface area contributed by atoms with E-state index in [9.17, 15) is 14.7 Å². The van der Waals surface area contributed by atoms with Crippen molar-refractivity contribution in [2.75, 3.05) is 20.8 Å². The highest BCUT2D eigenvalue weighted by Crippen LogP contribution is 2.15. The molecule has 0 saturated heterocycles. The zero-order valence-electron chi connectivity index (χ0n) is 11.9. The van der Waals surface area contributed by atoms with Gasteiger partial charge < -0.3 is 24.1 Å². The minimum absolute atomic E-state index is 0.222. The zero-order valence-corrected chi connectivity index (χ0v) is 11.9. The van der Waals surface area contributed by atoms with Crippen LogP contribution in [0.4, 0.5) is 0 Å². The number of aliphatic hydroxyl groups is 1. The molecule has 4 atom stereocenters. The fourth-order valence-electron chi connectivity index (χ4n) is 1.73. The molecule has 7 heteroatoms. The molecule has 0 spiro atoms. The molecule has 0 unspecified atom stereocenters. The van der Waals surface area contributed by atoms with E-state index < -0.39 is 36.4 Å². The predicted molar refractivity (Wildman–Crippen MR) is 65.5 cm³/mol. The summed E-state index contributed by atoms with van der Waals surface area (Å²) in [5, 5.41) is 9.92. The number of methoxy groups -OCH3 is 2. The molecule has 0 aliphatic carbocycles. The molecule has 0 bridgehead atoms. The van der Waals surface area contributed by atoms with Crippen molar-refractivity contribution in [3.05, 3.63) is 0 Å². The van der Waals surface area contributed by atoms with Gasteiger partial charge in [-0.3, -0.25) is 9.59 Å². The fraction of sp³-hybridized carbons (Fsp3) is 0.833. The van der Waals surface area contributed by atoms with Crippen molar-refractivity contribution in [2.24, 2.45) is 0 Å². The first-order chi connectivity index (χ1) is 8.83. The van der Waals surface area contributed by atoms with Crippen LogP contribution in [0.15, 0.2) is 0 Å². The quantitative estimate of drug-likeness (QED) is 0.619. The summed E-state index contributed by atoms with van der Waals surface area (Å²) in [4.78, 5) is 21.6. The summed E-state index contributed by atoms with van der Waals surface area (Å²) in [6.07, 6.45) is -3.17. The van der Waals surface area contributed by atoms with Crippen molar-refractivity contribution < 1.29 is 33.6 Å². The molecular formula is C12H22O7. The summed E-state index contributed by atoms with van der Waals surface area (Å²) in [6.45, 7) is 3.92. The molecule has 0 amide bonds. The molecule has 7 nitrogen and oxygen atoms in total. The van der Waals surface area contributed by atoms with Crippen molar-refractivity contribution in [3.8, 4) is 0 Å². The van der Waals surface area contributed by atoms with E-state index in [1.807, 2.05) is 0 Å². The topological polar surface area (TPSA) is 91.3 Å². The molecule has 0 aromatic heterocycles. The Balaban J connectivity index is 4.66. The van der Waals surface area contributed by atoms with E-state index in [4.69, 9.17) is 18.9 Å². The van der Waals surface area contributed by atoms with Crippen LogP contribution in [0, 0.1) is 0 Å². The van der Waals surface area contributed by atoms with Gasteiger partial charge in [-0.1, -0.05) is 0 Å². The van der Waals surface area contributed by atoms with Gasteiger partial charge in [-0.2, -0.15) is 0 Å². The first-order valence-corrected chi connectivity index (χ1v) is 5.87. The Hall–Kier alpha value is -1.18. The average molecular weight is 278 g/mol. The largest absolute Gasteiger partial charge is 0.463 e. The SMILES string of the molecule is CO[C@H]([C@H](OC)[C@@H](O)COC(C)=O)[C@@H](C)OC(C)=O. The number of aliphatic hydroxyl groups excluding tert-OH is 1. The molecule has 1 N–H and O–H groups in total. The third-order valence-corrected chi connectivity index (χ3v) is 2.52. The van der Waals surface area contributed by atoms with E-state index in [2.05, 4.69) is 0 Å². The van der Waals surface area contributed by atoms with Gasteiger partial charge in [0.1, 0.15) is 31.0 Å². The van der Waals surface area contributed by atoms with Gasteiger partial charge >= 0.3 is 11.9 Å². The molecule has 0 aliphatic rings. The third-order valence-electron chi connectivity index (χ3n) is 2.52. The normalized spacial score (nSPS) is 17.2. The van der Waals surface area contributed by atoms with Crippen molar-refractivity contribution in [3.63, 3.8) is 0 Å². The molecule has 0 rings (SSSR count). The molecule has 0 aliphatic heterocycles. The predicted octanol–water partition coefficient (Wildman–Crippen LogP) is -0.108. The summed E-state index contributed by atoms with van der Waals surface area (Å²) in [7, 11) is 2.80. The summed E-state index contributed by atoms with van der Waals surface area (Å²) < 4.78 is 20.0. The number of carbonyl (C=O) groups excluding carboxylic acids is 2. The molecule has 19 heavy (non-hydrogen) atoms. The van der Waals surface area contributed by atoms with Crippen LogP contribution in [0.3, 0.4) is 0 Å². The minimum atomic E-state index is -1.09. The van der Waals surface area contributed by atoms with Gasteiger partial charge in [0.05, 0.1) is 0 Å². The first-order valence-electron chi connectivity index (χ1n) is 5.87. The molecule has 112 valence electrons. The minimum Gasteiger partial charge on any atom is -0.463 e. The third kappa shape index (κ3) is 6.51. The zero-order chi connectivity index (χ0) is 15.0. The Bertz CT molecular complexity index is 292.